The van der Waals surface area contributed by atoms with Gasteiger partial charge in [0.25, 0.3) is 21.7 Å². The first-order valence-electron chi connectivity index (χ1n) is 8.83. The molecule has 0 aliphatic heterocycles. The van der Waals surface area contributed by atoms with E-state index in [-0.39, 0.29) is 11.8 Å². The van der Waals surface area contributed by atoms with Gasteiger partial charge in [-0.1, -0.05) is 11.6 Å². The van der Waals surface area contributed by atoms with Crippen LogP contribution in [0, 0.1) is 0 Å². The molecule has 182 valence electrons. The zero-order valence-electron chi connectivity index (χ0n) is 16.6. The topological polar surface area (TPSA) is 120 Å². The van der Waals surface area contributed by atoms with Crippen molar-refractivity contribution >= 4 is 27.3 Å². The van der Waals surface area contributed by atoms with Crippen LogP contribution in [0.25, 0.3) is 5.95 Å². The summed E-state index contributed by atoms with van der Waals surface area (Å²) in [5, 5.41) is 5.71. The van der Waals surface area contributed by atoms with Crippen LogP contribution in [0.3, 0.4) is 0 Å². The summed E-state index contributed by atoms with van der Waals surface area (Å²) in [4.78, 5) is 22.4. The molecule has 0 saturated carbocycles. The second-order valence-electron chi connectivity index (χ2n) is 6.62. The van der Waals surface area contributed by atoms with Crippen LogP contribution in [0.1, 0.15) is 34.7 Å². The minimum absolute atomic E-state index is 0.0433. The molecule has 2 aromatic heterocycles. The van der Waals surface area contributed by atoms with Crippen LogP contribution in [0.4, 0.5) is 26.3 Å². The Morgan fingerprint density at radius 3 is 2.24 bits per heavy atom. The summed E-state index contributed by atoms with van der Waals surface area (Å²) in [6.45, 7) is 1.38. The van der Waals surface area contributed by atoms with Gasteiger partial charge in [0.1, 0.15) is 6.33 Å². The highest BCUT2D eigenvalue weighted by atomic mass is 35.5. The fourth-order valence-corrected chi connectivity index (χ4v) is 3.74. The van der Waals surface area contributed by atoms with Gasteiger partial charge in [0, 0.05) is 23.0 Å². The summed E-state index contributed by atoms with van der Waals surface area (Å²) in [5.41, 5.74) is -7.22. The number of benzene rings is 1. The Morgan fingerprint density at radius 2 is 1.68 bits per heavy atom. The normalized spacial score (nSPS) is 13.5. The van der Waals surface area contributed by atoms with Crippen molar-refractivity contribution in [1.82, 2.24) is 30.0 Å². The lowest BCUT2D eigenvalue weighted by Crippen LogP contribution is -2.29. The largest absolute Gasteiger partial charge is 0.501 e. The molecule has 0 aliphatic rings. The Hall–Kier alpha value is -3.27. The summed E-state index contributed by atoms with van der Waals surface area (Å²) < 4.78 is 101. The number of nitrogens with zero attached hydrogens (tertiary/aromatic N) is 5. The zero-order chi connectivity index (χ0) is 25.5. The van der Waals surface area contributed by atoms with Crippen LogP contribution >= 0.6 is 11.6 Å². The molecule has 0 aliphatic carbocycles. The number of nitrogens with one attached hydrogen (secondary N) is 1. The Balaban J connectivity index is 1.87. The number of rotatable bonds is 5. The summed E-state index contributed by atoms with van der Waals surface area (Å²) >= 11 is 5.70. The molecule has 3 aromatic rings. The minimum Gasteiger partial charge on any atom is -0.342 e. The third-order valence-corrected chi connectivity index (χ3v) is 5.90. The highest BCUT2D eigenvalue weighted by molar-refractivity contribution is 7.92. The summed E-state index contributed by atoms with van der Waals surface area (Å²) in [5.74, 6) is -1.36. The molecule has 1 aromatic carbocycles. The van der Waals surface area contributed by atoms with E-state index in [1.54, 1.807) is 0 Å². The average molecular weight is 529 g/mol. The predicted octanol–water partition coefficient (Wildman–Crippen LogP) is 3.51. The number of amides is 1. The molecule has 0 fully saturated rings. The molecule has 3 rings (SSSR count). The fourth-order valence-electron chi connectivity index (χ4n) is 2.60. The lowest BCUT2D eigenvalue weighted by Gasteiger charge is -2.15. The Labute approximate surface area is 191 Å². The van der Waals surface area contributed by atoms with Gasteiger partial charge in [-0.2, -0.15) is 36.1 Å². The van der Waals surface area contributed by atoms with E-state index in [0.29, 0.717) is 24.5 Å². The summed E-state index contributed by atoms with van der Waals surface area (Å²) in [6.07, 6.45) is -2.62. The molecule has 0 radical (unpaired) electrons. The van der Waals surface area contributed by atoms with Crippen molar-refractivity contribution in [2.45, 2.75) is 29.5 Å². The number of carbonyl (C=O) groups excluding carboxylic acids is 1. The summed E-state index contributed by atoms with van der Waals surface area (Å²) in [6, 6.07) is 0.967. The van der Waals surface area contributed by atoms with Crippen LogP contribution in [0.15, 0.2) is 41.8 Å². The molecule has 34 heavy (non-hydrogen) atoms. The molecule has 2 heterocycles. The molecule has 1 amide bonds. The van der Waals surface area contributed by atoms with Gasteiger partial charge in [-0.05, 0) is 25.1 Å². The summed E-state index contributed by atoms with van der Waals surface area (Å²) in [7, 11) is -5.77. The second kappa shape index (κ2) is 8.83. The lowest BCUT2D eigenvalue weighted by atomic mass is 10.2. The van der Waals surface area contributed by atoms with Gasteiger partial charge in [-0.25, -0.2) is 23.4 Å². The molecule has 0 saturated heterocycles. The van der Waals surface area contributed by atoms with Crippen LogP contribution in [0.2, 0.25) is 5.02 Å². The monoisotopic (exact) mass is 528 g/mol. The molecule has 9 nitrogen and oxygen atoms in total. The van der Waals surface area contributed by atoms with E-state index in [4.69, 9.17) is 11.6 Å². The standard InChI is InChI=1S/C17H11ClF6N6O3S/c1-8(13-27-7-28-30(13)15-25-5-10(6-26-15)16(19,20)21)29-14(31)9-2-11(18)4-12(3-9)34(32,33)17(22,23)24/h2-8H,1H3,(H,29,31)/t8-/m1/s1. The van der Waals surface area contributed by atoms with E-state index in [2.05, 4.69) is 25.4 Å². The first-order chi connectivity index (χ1) is 15.6. The van der Waals surface area contributed by atoms with Gasteiger partial charge in [0.2, 0.25) is 0 Å². The Morgan fingerprint density at radius 1 is 1.06 bits per heavy atom. The number of carbonyl (C=O) groups is 1. The average Bonchev–Trinajstić information content (AvgIpc) is 3.22. The van der Waals surface area contributed by atoms with Gasteiger partial charge in [-0.3, -0.25) is 4.79 Å². The molecule has 1 N–H and O–H groups in total. The number of aromatic nitrogens is 5. The van der Waals surface area contributed by atoms with Crippen LogP contribution in [-0.2, 0) is 16.0 Å². The van der Waals surface area contributed by atoms with Crippen molar-refractivity contribution in [3.8, 4) is 5.95 Å². The van der Waals surface area contributed by atoms with Crippen LogP contribution in [-0.4, -0.2) is 44.6 Å². The Bertz CT molecular complexity index is 1320. The smallest absolute Gasteiger partial charge is 0.342 e. The molecular weight excluding hydrogens is 518 g/mol. The van der Waals surface area contributed by atoms with Crippen molar-refractivity contribution in [2.24, 2.45) is 0 Å². The minimum atomic E-state index is -5.77. The van der Waals surface area contributed by atoms with Gasteiger partial charge in [0.15, 0.2) is 5.82 Å². The van der Waals surface area contributed by atoms with E-state index in [9.17, 15) is 39.6 Å². The quantitative estimate of drug-likeness (QED) is 0.503. The number of hydrogen-bond donors (Lipinski definition) is 1. The highest BCUT2D eigenvalue weighted by Crippen LogP contribution is 2.32. The molecule has 17 heteroatoms. The van der Waals surface area contributed by atoms with Gasteiger partial charge < -0.3 is 5.32 Å². The SMILES string of the molecule is C[C@@H](NC(=O)c1cc(Cl)cc(S(=O)(=O)C(F)(F)F)c1)c1ncnn1-c1ncc(C(F)(F)F)cn1. The number of hydrogen-bond acceptors (Lipinski definition) is 7. The van der Waals surface area contributed by atoms with Gasteiger partial charge >= 0.3 is 11.7 Å². The number of sulfone groups is 1. The van der Waals surface area contributed by atoms with Crippen LogP contribution < -0.4 is 5.32 Å². The third-order valence-electron chi connectivity index (χ3n) is 4.21. The molecule has 0 unspecified atom stereocenters. The van der Waals surface area contributed by atoms with Gasteiger partial charge in [0.05, 0.1) is 16.5 Å². The van der Waals surface area contributed by atoms with Crippen molar-refractivity contribution in [1.29, 1.82) is 0 Å². The van der Waals surface area contributed by atoms with Crippen molar-refractivity contribution < 1.29 is 39.6 Å². The molecule has 0 spiro atoms. The van der Waals surface area contributed by atoms with Gasteiger partial charge in [-0.15, -0.1) is 0 Å². The maximum absolute atomic E-state index is 12.9. The molecular formula is C17H11ClF6N6O3S. The number of alkyl halides is 6. The van der Waals surface area contributed by atoms with Crippen molar-refractivity contribution in [3.05, 3.63) is 58.9 Å². The van der Waals surface area contributed by atoms with E-state index >= 15 is 0 Å². The third kappa shape index (κ3) is 5.11. The van der Waals surface area contributed by atoms with Crippen molar-refractivity contribution in [3.63, 3.8) is 0 Å². The van der Waals surface area contributed by atoms with E-state index in [1.165, 1.54) is 6.92 Å². The second-order valence-corrected chi connectivity index (χ2v) is 9.00. The highest BCUT2D eigenvalue weighted by Gasteiger charge is 2.47. The van der Waals surface area contributed by atoms with E-state index < -0.39 is 54.5 Å². The predicted molar refractivity (Wildman–Crippen MR) is 103 cm³/mol. The van der Waals surface area contributed by atoms with E-state index in [1.807, 2.05) is 0 Å². The van der Waals surface area contributed by atoms with Crippen molar-refractivity contribution in [2.75, 3.05) is 0 Å². The molecule has 1 atom stereocenters. The first kappa shape index (κ1) is 25.4. The first-order valence-corrected chi connectivity index (χ1v) is 10.7. The van der Waals surface area contributed by atoms with Crippen LogP contribution in [0.5, 0.6) is 0 Å². The fraction of sp³-hybridized carbons (Fsp3) is 0.235. The Kier molecular flexibility index (Phi) is 6.58. The molecule has 0 bridgehead atoms. The maximum Gasteiger partial charge on any atom is 0.501 e. The lowest BCUT2D eigenvalue weighted by molar-refractivity contribution is -0.138. The number of halogens is 7. The van der Waals surface area contributed by atoms with E-state index in [0.717, 1.165) is 17.1 Å². The zero-order valence-corrected chi connectivity index (χ0v) is 18.1. The maximum atomic E-state index is 12.9.